The average molecular weight is 229 g/mol. The number of aryl methyl sites for hydroxylation is 2. The molecule has 1 heterocycles. The summed E-state index contributed by atoms with van der Waals surface area (Å²) >= 11 is 0. The van der Waals surface area contributed by atoms with E-state index in [1.165, 1.54) is 11.1 Å². The van der Waals surface area contributed by atoms with Crippen LogP contribution in [0.25, 0.3) is 11.1 Å². The van der Waals surface area contributed by atoms with Gasteiger partial charge >= 0.3 is 0 Å². The van der Waals surface area contributed by atoms with Crippen molar-refractivity contribution in [2.75, 3.05) is 5.73 Å². The standard InChI is InChI=1S/C14H19N3/c1-9(2)13-6-11(5-10(3)14(13)15)12-7-16-17(4)8-12/h5-9H,15H2,1-4H3. The molecule has 0 amide bonds. The molecule has 0 aliphatic heterocycles. The summed E-state index contributed by atoms with van der Waals surface area (Å²) in [6.07, 6.45) is 3.91. The molecule has 2 N–H and O–H groups in total. The van der Waals surface area contributed by atoms with Gasteiger partial charge in [0.2, 0.25) is 0 Å². The van der Waals surface area contributed by atoms with E-state index >= 15 is 0 Å². The number of nitrogen functional groups attached to an aromatic ring is 1. The third kappa shape index (κ3) is 2.18. The normalized spacial score (nSPS) is 11.1. The van der Waals surface area contributed by atoms with Gasteiger partial charge in [0.05, 0.1) is 6.20 Å². The fraction of sp³-hybridized carbons (Fsp3) is 0.357. The summed E-state index contributed by atoms with van der Waals surface area (Å²) < 4.78 is 1.82. The minimum absolute atomic E-state index is 0.435. The second kappa shape index (κ2) is 4.24. The van der Waals surface area contributed by atoms with Crippen LogP contribution in [0.2, 0.25) is 0 Å². The van der Waals surface area contributed by atoms with Gasteiger partial charge in [-0.05, 0) is 41.7 Å². The third-order valence-corrected chi connectivity index (χ3v) is 3.08. The largest absolute Gasteiger partial charge is 0.398 e. The predicted molar refractivity (Wildman–Crippen MR) is 71.9 cm³/mol. The molecular formula is C14H19N3. The summed E-state index contributed by atoms with van der Waals surface area (Å²) in [5, 5.41) is 4.21. The molecule has 0 fully saturated rings. The van der Waals surface area contributed by atoms with Crippen LogP contribution in [-0.2, 0) is 7.05 Å². The number of anilines is 1. The van der Waals surface area contributed by atoms with Gasteiger partial charge in [0.25, 0.3) is 0 Å². The summed E-state index contributed by atoms with van der Waals surface area (Å²) in [6.45, 7) is 6.39. The Balaban J connectivity index is 2.56. The molecule has 2 rings (SSSR count). The van der Waals surface area contributed by atoms with Crippen LogP contribution in [0.3, 0.4) is 0 Å². The molecule has 0 unspecified atom stereocenters. The van der Waals surface area contributed by atoms with Crippen LogP contribution in [0.5, 0.6) is 0 Å². The smallest absolute Gasteiger partial charge is 0.0568 e. The molecule has 2 aromatic rings. The van der Waals surface area contributed by atoms with E-state index in [1.807, 2.05) is 24.1 Å². The molecule has 0 bridgehead atoms. The van der Waals surface area contributed by atoms with Crippen LogP contribution < -0.4 is 5.73 Å². The van der Waals surface area contributed by atoms with Crippen molar-refractivity contribution < 1.29 is 0 Å². The molecule has 0 saturated heterocycles. The first-order valence-corrected chi connectivity index (χ1v) is 5.88. The Morgan fingerprint density at radius 3 is 2.47 bits per heavy atom. The van der Waals surface area contributed by atoms with Gasteiger partial charge in [-0.15, -0.1) is 0 Å². The Bertz CT molecular complexity index is 538. The Kier molecular flexibility index (Phi) is 2.92. The number of hydrogen-bond donors (Lipinski definition) is 1. The van der Waals surface area contributed by atoms with Crippen molar-refractivity contribution in [2.24, 2.45) is 7.05 Å². The van der Waals surface area contributed by atoms with Crippen LogP contribution in [0.15, 0.2) is 24.5 Å². The molecular weight excluding hydrogens is 210 g/mol. The zero-order valence-corrected chi connectivity index (χ0v) is 10.9. The van der Waals surface area contributed by atoms with Gasteiger partial charge < -0.3 is 5.73 Å². The minimum Gasteiger partial charge on any atom is -0.398 e. The van der Waals surface area contributed by atoms with Crippen molar-refractivity contribution in [3.05, 3.63) is 35.7 Å². The van der Waals surface area contributed by atoms with Gasteiger partial charge in [0, 0.05) is 24.5 Å². The highest BCUT2D eigenvalue weighted by molar-refractivity contribution is 5.69. The van der Waals surface area contributed by atoms with E-state index in [9.17, 15) is 0 Å². The van der Waals surface area contributed by atoms with Crippen molar-refractivity contribution >= 4 is 5.69 Å². The fourth-order valence-corrected chi connectivity index (χ4v) is 2.04. The molecule has 0 radical (unpaired) electrons. The lowest BCUT2D eigenvalue weighted by molar-refractivity contribution is 0.768. The van der Waals surface area contributed by atoms with Gasteiger partial charge in [0.1, 0.15) is 0 Å². The number of nitrogens with two attached hydrogens (primary N) is 1. The molecule has 0 saturated carbocycles. The summed E-state index contributed by atoms with van der Waals surface area (Å²) in [6, 6.07) is 4.29. The van der Waals surface area contributed by atoms with E-state index in [1.54, 1.807) is 0 Å². The monoisotopic (exact) mass is 229 g/mol. The number of hydrogen-bond acceptors (Lipinski definition) is 2. The highest BCUT2D eigenvalue weighted by Crippen LogP contribution is 2.31. The maximum atomic E-state index is 6.11. The molecule has 1 aromatic heterocycles. The van der Waals surface area contributed by atoms with E-state index < -0.39 is 0 Å². The van der Waals surface area contributed by atoms with Gasteiger partial charge in [-0.3, -0.25) is 4.68 Å². The van der Waals surface area contributed by atoms with Crippen LogP contribution in [0.4, 0.5) is 5.69 Å². The summed E-state index contributed by atoms with van der Waals surface area (Å²) in [5.74, 6) is 0.435. The van der Waals surface area contributed by atoms with Crippen LogP contribution in [0, 0.1) is 6.92 Å². The molecule has 0 aliphatic carbocycles. The van der Waals surface area contributed by atoms with Crippen molar-refractivity contribution in [1.29, 1.82) is 0 Å². The van der Waals surface area contributed by atoms with Gasteiger partial charge in [-0.1, -0.05) is 13.8 Å². The molecule has 1 aromatic carbocycles. The maximum absolute atomic E-state index is 6.11. The molecule has 0 atom stereocenters. The SMILES string of the molecule is Cc1cc(-c2cnn(C)c2)cc(C(C)C)c1N. The zero-order chi connectivity index (χ0) is 12.6. The van der Waals surface area contributed by atoms with Crippen molar-refractivity contribution in [3.63, 3.8) is 0 Å². The molecule has 17 heavy (non-hydrogen) atoms. The number of nitrogens with zero attached hydrogens (tertiary/aromatic N) is 2. The van der Waals surface area contributed by atoms with Crippen molar-refractivity contribution in [2.45, 2.75) is 26.7 Å². The van der Waals surface area contributed by atoms with Crippen LogP contribution in [0.1, 0.15) is 30.9 Å². The molecule has 3 nitrogen and oxygen atoms in total. The van der Waals surface area contributed by atoms with Gasteiger partial charge in [-0.25, -0.2) is 0 Å². The predicted octanol–water partition coefficient (Wildman–Crippen LogP) is 3.10. The average Bonchev–Trinajstić information content (AvgIpc) is 2.68. The van der Waals surface area contributed by atoms with Crippen molar-refractivity contribution in [1.82, 2.24) is 9.78 Å². The first-order chi connectivity index (χ1) is 7.99. The summed E-state index contributed by atoms with van der Waals surface area (Å²) in [4.78, 5) is 0. The summed E-state index contributed by atoms with van der Waals surface area (Å²) in [7, 11) is 1.93. The number of aromatic nitrogens is 2. The molecule has 3 heteroatoms. The van der Waals surface area contributed by atoms with Crippen molar-refractivity contribution in [3.8, 4) is 11.1 Å². The zero-order valence-electron chi connectivity index (χ0n) is 10.9. The van der Waals surface area contributed by atoms with Gasteiger partial charge in [-0.2, -0.15) is 5.10 Å². The lowest BCUT2D eigenvalue weighted by Gasteiger charge is -2.14. The Morgan fingerprint density at radius 1 is 1.24 bits per heavy atom. The minimum atomic E-state index is 0.435. The number of benzene rings is 1. The maximum Gasteiger partial charge on any atom is 0.0568 e. The Morgan fingerprint density at radius 2 is 1.94 bits per heavy atom. The molecule has 90 valence electrons. The summed E-state index contributed by atoms with van der Waals surface area (Å²) in [5.41, 5.74) is 11.7. The lowest BCUT2D eigenvalue weighted by Crippen LogP contribution is -1.99. The molecule has 0 spiro atoms. The Labute approximate surface area is 102 Å². The number of rotatable bonds is 2. The first kappa shape index (κ1) is 11.7. The first-order valence-electron chi connectivity index (χ1n) is 5.88. The highest BCUT2D eigenvalue weighted by Gasteiger charge is 2.10. The third-order valence-electron chi connectivity index (χ3n) is 3.08. The van der Waals surface area contributed by atoms with Crippen LogP contribution >= 0.6 is 0 Å². The van der Waals surface area contributed by atoms with E-state index in [4.69, 9.17) is 5.73 Å². The van der Waals surface area contributed by atoms with E-state index in [-0.39, 0.29) is 0 Å². The quantitative estimate of drug-likeness (QED) is 0.804. The van der Waals surface area contributed by atoms with Crippen LogP contribution in [-0.4, -0.2) is 9.78 Å². The van der Waals surface area contributed by atoms with E-state index in [2.05, 4.69) is 38.0 Å². The lowest BCUT2D eigenvalue weighted by atomic mass is 9.94. The van der Waals surface area contributed by atoms with E-state index in [0.717, 1.165) is 16.8 Å². The topological polar surface area (TPSA) is 43.8 Å². The second-order valence-corrected chi connectivity index (χ2v) is 4.85. The molecule has 0 aliphatic rings. The second-order valence-electron chi connectivity index (χ2n) is 4.85. The van der Waals surface area contributed by atoms with Gasteiger partial charge in [0.15, 0.2) is 0 Å². The highest BCUT2D eigenvalue weighted by atomic mass is 15.2. The Hall–Kier alpha value is -1.77. The van der Waals surface area contributed by atoms with E-state index in [0.29, 0.717) is 5.92 Å². The fourth-order valence-electron chi connectivity index (χ4n) is 2.04.